The van der Waals surface area contributed by atoms with Gasteiger partial charge in [-0.15, -0.1) is 0 Å². The van der Waals surface area contributed by atoms with Crippen LogP contribution in [0.1, 0.15) is 13.8 Å². The Labute approximate surface area is 134 Å². The molecule has 3 rings (SSSR count). The summed E-state index contributed by atoms with van der Waals surface area (Å²) in [6.45, 7) is 5.49. The molecule has 0 saturated heterocycles. The Morgan fingerprint density at radius 2 is 2.22 bits per heavy atom. The molecule has 0 aliphatic rings. The predicted octanol–water partition coefficient (Wildman–Crippen LogP) is 2.46. The van der Waals surface area contributed by atoms with Crippen LogP contribution in [0.5, 0.6) is 0 Å². The minimum Gasteiger partial charge on any atom is -0.348 e. The van der Waals surface area contributed by atoms with Crippen molar-refractivity contribution in [3.05, 3.63) is 43.1 Å². The van der Waals surface area contributed by atoms with Crippen molar-refractivity contribution in [2.75, 3.05) is 5.32 Å². The van der Waals surface area contributed by atoms with Crippen molar-refractivity contribution in [3.8, 4) is 0 Å². The number of benzene rings is 1. The third-order valence-corrected chi connectivity index (χ3v) is 3.68. The first kappa shape index (κ1) is 15.1. The summed E-state index contributed by atoms with van der Waals surface area (Å²) >= 11 is 0. The number of rotatable bonds is 5. The van der Waals surface area contributed by atoms with Gasteiger partial charge >= 0.3 is 6.03 Å². The van der Waals surface area contributed by atoms with Crippen LogP contribution in [0.2, 0.25) is 0 Å². The largest absolute Gasteiger partial charge is 0.348 e. The second-order valence-corrected chi connectivity index (χ2v) is 5.49. The van der Waals surface area contributed by atoms with E-state index in [1.54, 1.807) is 11.0 Å². The van der Waals surface area contributed by atoms with Gasteiger partial charge in [-0.3, -0.25) is 4.68 Å². The van der Waals surface area contributed by atoms with Gasteiger partial charge in [-0.1, -0.05) is 6.07 Å². The van der Waals surface area contributed by atoms with E-state index in [2.05, 4.69) is 44.5 Å². The van der Waals surface area contributed by atoms with Crippen LogP contribution in [0.3, 0.4) is 0 Å². The number of fused-ring (bicyclic) bond motifs is 1. The molecule has 0 saturated carbocycles. The van der Waals surface area contributed by atoms with Crippen molar-refractivity contribution in [3.63, 3.8) is 0 Å². The number of amides is 2. The quantitative estimate of drug-likeness (QED) is 0.760. The number of hydrogen-bond donors (Lipinski definition) is 2. The minimum absolute atomic E-state index is 0.0556. The zero-order valence-corrected chi connectivity index (χ0v) is 13.2. The molecule has 7 nitrogen and oxygen atoms in total. The fraction of sp³-hybridized carbons (Fsp3) is 0.312. The predicted molar refractivity (Wildman–Crippen MR) is 89.3 cm³/mol. The number of aryl methyl sites for hydroxylation is 1. The number of carbonyl (C=O) groups excluding carboxylic acids is 1. The maximum absolute atomic E-state index is 12.1. The molecule has 120 valence electrons. The average Bonchev–Trinajstić information content (AvgIpc) is 3.15. The molecule has 0 fully saturated rings. The molecule has 2 aromatic heterocycles. The molecule has 0 aliphatic carbocycles. The molecule has 23 heavy (non-hydrogen) atoms. The summed E-state index contributed by atoms with van der Waals surface area (Å²) in [6.07, 6.45) is 5.16. The lowest BCUT2D eigenvalue weighted by molar-refractivity contribution is 0.247. The zero-order valence-electron chi connectivity index (χ0n) is 13.2. The first-order valence-corrected chi connectivity index (χ1v) is 7.64. The van der Waals surface area contributed by atoms with Crippen LogP contribution in [-0.4, -0.2) is 31.4 Å². The van der Waals surface area contributed by atoms with Crippen LogP contribution in [0.4, 0.5) is 10.5 Å². The van der Waals surface area contributed by atoms with Gasteiger partial charge in [0.2, 0.25) is 0 Å². The molecule has 0 bridgehead atoms. The standard InChI is InChI=1S/C16H20N6O/c1-3-21-7-6-13-4-5-14(8-15(13)21)20-16(23)19-12(2)9-22-11-17-10-18-22/h4-8,10-12H,3,9H2,1-2H3,(H2,19,20,23)/t12-/m0/s1. The first-order chi connectivity index (χ1) is 11.2. The summed E-state index contributed by atoms with van der Waals surface area (Å²) in [4.78, 5) is 16.0. The van der Waals surface area contributed by atoms with Crippen LogP contribution < -0.4 is 10.6 Å². The van der Waals surface area contributed by atoms with Crippen LogP contribution in [0.25, 0.3) is 10.9 Å². The van der Waals surface area contributed by atoms with Crippen LogP contribution in [0.15, 0.2) is 43.1 Å². The third-order valence-electron chi connectivity index (χ3n) is 3.68. The summed E-state index contributed by atoms with van der Waals surface area (Å²) in [5.74, 6) is 0. The summed E-state index contributed by atoms with van der Waals surface area (Å²) in [6, 6.07) is 7.69. The van der Waals surface area contributed by atoms with E-state index in [9.17, 15) is 4.79 Å². The maximum Gasteiger partial charge on any atom is 0.319 e. The third kappa shape index (κ3) is 3.50. The highest BCUT2D eigenvalue weighted by molar-refractivity contribution is 5.92. The Morgan fingerprint density at radius 3 is 2.96 bits per heavy atom. The highest BCUT2D eigenvalue weighted by Gasteiger charge is 2.09. The fourth-order valence-electron chi connectivity index (χ4n) is 2.58. The molecule has 2 N–H and O–H groups in total. The normalized spacial score (nSPS) is 12.3. The minimum atomic E-state index is -0.230. The van der Waals surface area contributed by atoms with Gasteiger partial charge in [-0.05, 0) is 37.4 Å². The van der Waals surface area contributed by atoms with E-state index in [-0.39, 0.29) is 12.1 Å². The topological polar surface area (TPSA) is 76.8 Å². The second-order valence-electron chi connectivity index (χ2n) is 5.49. The number of hydrogen-bond acceptors (Lipinski definition) is 3. The lowest BCUT2D eigenvalue weighted by Gasteiger charge is -2.14. The van der Waals surface area contributed by atoms with Gasteiger partial charge in [0, 0.05) is 24.5 Å². The first-order valence-electron chi connectivity index (χ1n) is 7.64. The highest BCUT2D eigenvalue weighted by Crippen LogP contribution is 2.20. The van der Waals surface area contributed by atoms with Crippen LogP contribution in [-0.2, 0) is 13.1 Å². The van der Waals surface area contributed by atoms with Gasteiger partial charge in [0.1, 0.15) is 12.7 Å². The number of aromatic nitrogens is 4. The summed E-state index contributed by atoms with van der Waals surface area (Å²) < 4.78 is 3.83. The zero-order chi connectivity index (χ0) is 16.2. The maximum atomic E-state index is 12.1. The SMILES string of the molecule is CCn1ccc2ccc(NC(=O)N[C@@H](C)Cn3cncn3)cc21. The van der Waals surface area contributed by atoms with Crippen molar-refractivity contribution in [1.29, 1.82) is 0 Å². The van der Waals surface area contributed by atoms with Crippen molar-refractivity contribution >= 4 is 22.6 Å². The molecule has 0 aliphatic heterocycles. The van der Waals surface area contributed by atoms with E-state index in [0.29, 0.717) is 6.54 Å². The Kier molecular flexibility index (Phi) is 4.27. The molecule has 0 radical (unpaired) electrons. The number of urea groups is 1. The van der Waals surface area contributed by atoms with Crippen molar-refractivity contribution in [2.45, 2.75) is 33.0 Å². The van der Waals surface area contributed by atoms with Gasteiger partial charge < -0.3 is 15.2 Å². The second kappa shape index (κ2) is 6.51. The lowest BCUT2D eigenvalue weighted by atomic mass is 10.2. The fourth-order valence-corrected chi connectivity index (χ4v) is 2.58. The van der Waals surface area contributed by atoms with E-state index in [0.717, 1.165) is 23.1 Å². The van der Waals surface area contributed by atoms with Crippen molar-refractivity contribution in [2.24, 2.45) is 0 Å². The molecular formula is C16H20N6O. The highest BCUT2D eigenvalue weighted by atomic mass is 16.2. The summed E-state index contributed by atoms with van der Waals surface area (Å²) in [5.41, 5.74) is 1.89. The van der Waals surface area contributed by atoms with E-state index < -0.39 is 0 Å². The molecule has 2 amide bonds. The van der Waals surface area contributed by atoms with Crippen molar-refractivity contribution < 1.29 is 4.79 Å². The van der Waals surface area contributed by atoms with Gasteiger partial charge in [0.05, 0.1) is 12.1 Å². The molecule has 1 atom stereocenters. The molecule has 0 unspecified atom stereocenters. The lowest BCUT2D eigenvalue weighted by Crippen LogP contribution is -2.38. The average molecular weight is 312 g/mol. The van der Waals surface area contributed by atoms with Gasteiger partial charge in [0.25, 0.3) is 0 Å². The number of nitrogens with one attached hydrogen (secondary N) is 2. The Morgan fingerprint density at radius 1 is 1.35 bits per heavy atom. The molecule has 3 aromatic rings. The molecule has 7 heteroatoms. The molecule has 0 spiro atoms. The van der Waals surface area contributed by atoms with Crippen molar-refractivity contribution in [1.82, 2.24) is 24.6 Å². The number of anilines is 1. The van der Waals surface area contributed by atoms with Crippen LogP contribution >= 0.6 is 0 Å². The summed E-state index contributed by atoms with van der Waals surface area (Å²) in [5, 5.41) is 11.0. The number of carbonyl (C=O) groups is 1. The van der Waals surface area contributed by atoms with Gasteiger partial charge in [-0.2, -0.15) is 5.10 Å². The monoisotopic (exact) mass is 312 g/mol. The van der Waals surface area contributed by atoms with Gasteiger partial charge in [-0.25, -0.2) is 9.78 Å². The smallest absolute Gasteiger partial charge is 0.319 e. The Hall–Kier alpha value is -2.83. The van der Waals surface area contributed by atoms with E-state index >= 15 is 0 Å². The van der Waals surface area contributed by atoms with Crippen LogP contribution in [0, 0.1) is 0 Å². The van der Waals surface area contributed by atoms with Gasteiger partial charge in [0.15, 0.2) is 0 Å². The van der Waals surface area contributed by atoms with E-state index in [1.165, 1.54) is 6.33 Å². The van der Waals surface area contributed by atoms with E-state index in [4.69, 9.17) is 0 Å². The Balaban J connectivity index is 1.63. The number of nitrogens with zero attached hydrogens (tertiary/aromatic N) is 4. The molecular weight excluding hydrogens is 292 g/mol. The van der Waals surface area contributed by atoms with E-state index in [1.807, 2.05) is 25.1 Å². The Bertz CT molecular complexity index is 792. The molecule has 1 aromatic carbocycles. The summed E-state index contributed by atoms with van der Waals surface area (Å²) in [7, 11) is 0. The molecule has 2 heterocycles.